The van der Waals surface area contributed by atoms with Crippen molar-refractivity contribution in [3.63, 3.8) is 0 Å². The van der Waals surface area contributed by atoms with Crippen molar-refractivity contribution in [1.82, 2.24) is 0 Å². The fourth-order valence-corrected chi connectivity index (χ4v) is 3.71. The quantitative estimate of drug-likeness (QED) is 0.135. The molecular formula is C24H50Na2O3S. The molecule has 0 aliphatic heterocycles. The average molecular weight is 465 g/mol. The molecule has 0 atom stereocenters. The number of hydrogen-bond donors (Lipinski definition) is 0. The van der Waals surface area contributed by atoms with E-state index >= 15 is 0 Å². The van der Waals surface area contributed by atoms with Gasteiger partial charge >= 0.3 is 59.1 Å². The summed E-state index contributed by atoms with van der Waals surface area (Å²) in [6.07, 6.45) is 19.7. The zero-order valence-corrected chi connectivity index (χ0v) is 26.3. The second-order valence-corrected chi connectivity index (χ2v) is 10.6. The van der Waals surface area contributed by atoms with Crippen LogP contribution >= 0.6 is 0 Å². The fourth-order valence-electron chi connectivity index (χ4n) is 3.15. The Morgan fingerprint density at radius 3 is 1.20 bits per heavy atom. The maximum absolute atomic E-state index is 10.3. The Bertz CT molecular complexity index is 399. The summed E-state index contributed by atoms with van der Waals surface area (Å²) in [4.78, 5) is 0. The first kappa shape index (κ1) is 39.1. The molecule has 0 heterocycles. The van der Waals surface area contributed by atoms with Crippen LogP contribution in [0.1, 0.15) is 130 Å². The van der Waals surface area contributed by atoms with Crippen LogP contribution < -0.4 is 59.1 Å². The van der Waals surface area contributed by atoms with E-state index in [9.17, 15) is 13.0 Å². The maximum atomic E-state index is 10.3. The molecule has 0 rings (SSSR count). The Hall–Kier alpha value is 1.91. The predicted molar refractivity (Wildman–Crippen MR) is 123 cm³/mol. The van der Waals surface area contributed by atoms with Crippen LogP contribution in [0.5, 0.6) is 0 Å². The summed E-state index contributed by atoms with van der Waals surface area (Å²) in [7, 11) is -3.99. The van der Waals surface area contributed by atoms with E-state index in [-0.39, 0.29) is 64.9 Å². The Balaban J connectivity index is -0.000000219. The summed E-state index contributed by atoms with van der Waals surface area (Å²) in [5, 5.41) is 0. The summed E-state index contributed by atoms with van der Waals surface area (Å²) in [6, 6.07) is 0. The van der Waals surface area contributed by atoms with Gasteiger partial charge in [0, 0.05) is 5.75 Å². The largest absolute Gasteiger partial charge is 1.00 e. The van der Waals surface area contributed by atoms with Crippen molar-refractivity contribution in [2.45, 2.75) is 130 Å². The van der Waals surface area contributed by atoms with Crippen LogP contribution in [-0.4, -0.2) is 18.7 Å². The molecule has 0 aromatic rings. The third kappa shape index (κ3) is 43.7. The number of hydrogen-bond acceptors (Lipinski definition) is 3. The topological polar surface area (TPSA) is 57.2 Å². The summed E-state index contributed by atoms with van der Waals surface area (Å²) >= 11 is 0. The summed E-state index contributed by atoms with van der Waals surface area (Å²) in [5.41, 5.74) is 0. The molecule has 0 spiro atoms. The molecule has 0 aromatic heterocycles. The minimum atomic E-state index is -3.99. The predicted octanol–water partition coefficient (Wildman–Crippen LogP) is 1.91. The summed E-state index contributed by atoms with van der Waals surface area (Å²) < 4.78 is 30.9. The molecule has 0 radical (unpaired) electrons. The van der Waals surface area contributed by atoms with Gasteiger partial charge in [-0.25, -0.2) is 8.42 Å². The first-order valence-corrected chi connectivity index (χ1v) is 13.5. The monoisotopic (exact) mass is 464 g/mol. The summed E-state index contributed by atoms with van der Waals surface area (Å²) in [6.45, 7) is 12.9. The van der Waals surface area contributed by atoms with Crippen LogP contribution in [0.3, 0.4) is 0 Å². The molecule has 0 amide bonds. The van der Waals surface area contributed by atoms with Crippen molar-refractivity contribution in [1.29, 1.82) is 0 Å². The normalized spacial score (nSPS) is 10.9. The molecule has 0 aliphatic rings. The number of unbranched alkanes of at least 4 members (excludes halogenated alkanes) is 12. The third-order valence-electron chi connectivity index (χ3n) is 4.96. The third-order valence-corrected chi connectivity index (χ3v) is 5.75. The van der Waals surface area contributed by atoms with Gasteiger partial charge in [0.25, 0.3) is 0 Å². The zero-order chi connectivity index (χ0) is 21.7. The van der Waals surface area contributed by atoms with Crippen LogP contribution in [0, 0.1) is 18.8 Å². The van der Waals surface area contributed by atoms with Gasteiger partial charge < -0.3 is 11.5 Å². The van der Waals surface area contributed by atoms with E-state index in [0.717, 1.165) is 37.5 Å². The van der Waals surface area contributed by atoms with Crippen molar-refractivity contribution in [3.8, 4) is 0 Å². The van der Waals surface area contributed by atoms with Crippen LogP contribution in [0.4, 0.5) is 0 Å². The fraction of sp³-hybridized carbons (Fsp3) is 0.958. The molecule has 0 fully saturated rings. The Morgan fingerprint density at radius 2 is 0.900 bits per heavy atom. The molecule has 0 bridgehead atoms. The van der Waals surface area contributed by atoms with Crippen LogP contribution in [-0.2, 0) is 10.1 Å². The zero-order valence-electron chi connectivity index (χ0n) is 21.5. The smallest absolute Gasteiger partial charge is 0.748 e. The van der Waals surface area contributed by atoms with Gasteiger partial charge in [-0.3, -0.25) is 0 Å². The Kier molecular flexibility index (Phi) is 37.8. The molecule has 3 nitrogen and oxygen atoms in total. The van der Waals surface area contributed by atoms with E-state index in [4.69, 9.17) is 0 Å². The minimum Gasteiger partial charge on any atom is -0.748 e. The van der Waals surface area contributed by atoms with Crippen molar-refractivity contribution in [2.24, 2.45) is 11.8 Å². The van der Waals surface area contributed by atoms with E-state index in [1.54, 1.807) is 0 Å². The molecule has 0 aliphatic carbocycles. The van der Waals surface area contributed by atoms with Crippen LogP contribution in [0.25, 0.3) is 0 Å². The summed E-state index contributed by atoms with van der Waals surface area (Å²) in [5.74, 6) is 1.49. The van der Waals surface area contributed by atoms with Crippen molar-refractivity contribution in [2.75, 3.05) is 5.75 Å². The van der Waals surface area contributed by atoms with Crippen molar-refractivity contribution < 1.29 is 72.1 Å². The molecule has 172 valence electrons. The van der Waals surface area contributed by atoms with E-state index in [1.165, 1.54) is 70.6 Å². The molecule has 0 unspecified atom stereocenters. The van der Waals surface area contributed by atoms with Gasteiger partial charge in [0.2, 0.25) is 0 Å². The molecule has 30 heavy (non-hydrogen) atoms. The van der Waals surface area contributed by atoms with Gasteiger partial charge in [-0.15, -0.1) is 0 Å². The van der Waals surface area contributed by atoms with E-state index in [0.29, 0.717) is 6.42 Å². The number of rotatable bonds is 18. The maximum Gasteiger partial charge on any atom is 1.00 e. The van der Waals surface area contributed by atoms with E-state index < -0.39 is 10.1 Å². The standard InChI is InChI=1S/C12H26O3S.C12H25.2Na/c1-12(2)10-8-6-4-3-5-7-9-11-16(13,14)15;1-4-5-6-7-8-9-10-11-12(2)3;;/h12H,3-11H2,1-2H3,(H,13,14,15);12H,1,4-11H2,2-3H3;;/q;-1;2*+1/p-1. The molecular weight excluding hydrogens is 414 g/mol. The van der Waals surface area contributed by atoms with Gasteiger partial charge in [-0.2, -0.15) is 6.42 Å². The molecule has 0 saturated heterocycles. The van der Waals surface area contributed by atoms with Crippen molar-refractivity contribution >= 4 is 10.1 Å². The second-order valence-electron chi connectivity index (χ2n) is 9.08. The van der Waals surface area contributed by atoms with Gasteiger partial charge in [0.1, 0.15) is 0 Å². The van der Waals surface area contributed by atoms with Crippen LogP contribution in [0.15, 0.2) is 0 Å². The minimum absolute atomic E-state index is 0. The Morgan fingerprint density at radius 1 is 0.600 bits per heavy atom. The van der Waals surface area contributed by atoms with Gasteiger partial charge in [-0.1, -0.05) is 118 Å². The van der Waals surface area contributed by atoms with E-state index in [1.807, 2.05) is 0 Å². The molecule has 0 aromatic carbocycles. The average Bonchev–Trinajstić information content (AvgIpc) is 2.58. The molecule has 6 heteroatoms. The first-order chi connectivity index (χ1) is 13.2. The van der Waals surface area contributed by atoms with Gasteiger partial charge in [0.15, 0.2) is 0 Å². The van der Waals surface area contributed by atoms with Crippen LogP contribution in [0.2, 0.25) is 0 Å². The molecule has 0 saturated carbocycles. The van der Waals surface area contributed by atoms with E-state index in [2.05, 4.69) is 34.6 Å². The van der Waals surface area contributed by atoms with Crippen molar-refractivity contribution in [3.05, 3.63) is 6.92 Å². The van der Waals surface area contributed by atoms with Gasteiger partial charge in [-0.05, 0) is 18.3 Å². The Labute approximate surface area is 235 Å². The first-order valence-electron chi connectivity index (χ1n) is 11.9. The SMILES string of the molecule is CC(C)CCCCCCCCCS(=O)(=O)[O-].[CH2-]CCCCCCCCC(C)C.[Na+].[Na+]. The molecule has 0 N–H and O–H groups in total. The van der Waals surface area contributed by atoms with Gasteiger partial charge in [0.05, 0.1) is 10.1 Å². The second kappa shape index (κ2) is 28.9.